The summed E-state index contributed by atoms with van der Waals surface area (Å²) in [5, 5.41) is 3.31. The van der Waals surface area contributed by atoms with Crippen molar-refractivity contribution in [3.05, 3.63) is 58.4 Å². The molecule has 2 aromatic carbocycles. The van der Waals surface area contributed by atoms with Gasteiger partial charge in [0.15, 0.2) is 11.5 Å². The van der Waals surface area contributed by atoms with Crippen LogP contribution in [0.3, 0.4) is 0 Å². The molecule has 138 valence electrons. The molecule has 1 heterocycles. The van der Waals surface area contributed by atoms with Gasteiger partial charge in [-0.3, -0.25) is 4.79 Å². The van der Waals surface area contributed by atoms with Gasteiger partial charge in [0.2, 0.25) is 5.91 Å². The number of amides is 1. The van der Waals surface area contributed by atoms with Crippen LogP contribution in [0, 0.1) is 5.82 Å². The van der Waals surface area contributed by atoms with Gasteiger partial charge in [0.25, 0.3) is 0 Å². The Morgan fingerprint density at radius 2 is 2.00 bits per heavy atom. The summed E-state index contributed by atoms with van der Waals surface area (Å²) in [6.07, 6.45) is 0. The van der Waals surface area contributed by atoms with E-state index in [2.05, 4.69) is 5.32 Å². The van der Waals surface area contributed by atoms with E-state index in [0.717, 1.165) is 11.3 Å². The highest BCUT2D eigenvalue weighted by Gasteiger charge is 2.16. The first-order chi connectivity index (χ1) is 12.5. The number of ether oxygens (including phenoxy) is 2. The fourth-order valence-electron chi connectivity index (χ4n) is 2.59. The number of hydrogen-bond donors (Lipinski definition) is 1. The van der Waals surface area contributed by atoms with Crippen molar-refractivity contribution in [2.24, 2.45) is 0 Å². The van der Waals surface area contributed by atoms with Gasteiger partial charge < -0.3 is 14.8 Å². The van der Waals surface area contributed by atoms with Gasteiger partial charge in [0.05, 0.1) is 11.8 Å². The van der Waals surface area contributed by atoms with E-state index in [1.165, 1.54) is 17.8 Å². The number of benzene rings is 2. The summed E-state index contributed by atoms with van der Waals surface area (Å²) in [5.41, 5.74) is 1.48. The average Bonchev–Trinajstić information content (AvgIpc) is 2.63. The molecule has 2 aromatic rings. The van der Waals surface area contributed by atoms with E-state index in [-0.39, 0.29) is 23.5 Å². The smallest absolute Gasteiger partial charge is 0.230 e. The minimum absolute atomic E-state index is 0.105. The van der Waals surface area contributed by atoms with Gasteiger partial charge in [0, 0.05) is 10.8 Å². The number of carbonyl (C=O) groups excluding carboxylic acids is 1. The minimum Gasteiger partial charge on any atom is -0.486 e. The van der Waals surface area contributed by atoms with E-state index in [9.17, 15) is 9.18 Å². The zero-order valence-corrected chi connectivity index (χ0v) is 15.8. The highest BCUT2D eigenvalue weighted by atomic mass is 35.5. The highest BCUT2D eigenvalue weighted by molar-refractivity contribution is 7.99. The van der Waals surface area contributed by atoms with Gasteiger partial charge in [-0.2, -0.15) is 0 Å². The first kappa shape index (κ1) is 18.9. The van der Waals surface area contributed by atoms with Crippen molar-refractivity contribution in [3.8, 4) is 11.5 Å². The summed E-state index contributed by atoms with van der Waals surface area (Å²) >= 11 is 7.09. The van der Waals surface area contributed by atoms with Crippen LogP contribution in [-0.4, -0.2) is 24.9 Å². The fourth-order valence-corrected chi connectivity index (χ4v) is 3.57. The minimum atomic E-state index is -0.352. The summed E-state index contributed by atoms with van der Waals surface area (Å²) in [7, 11) is 0. The number of fused-ring (bicyclic) bond motifs is 1. The number of halogens is 2. The molecule has 0 unspecified atom stereocenters. The highest BCUT2D eigenvalue weighted by Crippen LogP contribution is 2.32. The van der Waals surface area contributed by atoms with Gasteiger partial charge in [0.1, 0.15) is 19.0 Å². The Labute approximate surface area is 161 Å². The van der Waals surface area contributed by atoms with Crippen LogP contribution in [0.1, 0.15) is 24.1 Å². The third kappa shape index (κ3) is 4.83. The summed E-state index contributed by atoms with van der Waals surface area (Å²) < 4.78 is 24.8. The van der Waals surface area contributed by atoms with Crippen molar-refractivity contribution in [3.63, 3.8) is 0 Å². The molecule has 1 amide bonds. The van der Waals surface area contributed by atoms with E-state index in [1.54, 1.807) is 12.1 Å². The summed E-state index contributed by atoms with van der Waals surface area (Å²) in [4.78, 5) is 12.1. The molecule has 0 fully saturated rings. The van der Waals surface area contributed by atoms with Crippen molar-refractivity contribution in [1.29, 1.82) is 0 Å². The van der Waals surface area contributed by atoms with Crippen molar-refractivity contribution in [2.45, 2.75) is 18.7 Å². The van der Waals surface area contributed by atoms with Crippen LogP contribution in [0.2, 0.25) is 5.02 Å². The van der Waals surface area contributed by atoms with Crippen molar-refractivity contribution >= 4 is 29.3 Å². The maximum atomic E-state index is 13.7. The second-order valence-corrected chi connectivity index (χ2v) is 7.34. The Morgan fingerprint density at radius 1 is 1.23 bits per heavy atom. The normalized spacial score (nSPS) is 14.0. The van der Waals surface area contributed by atoms with E-state index in [4.69, 9.17) is 21.1 Å². The van der Waals surface area contributed by atoms with Crippen LogP contribution < -0.4 is 14.8 Å². The van der Waals surface area contributed by atoms with E-state index < -0.39 is 0 Å². The van der Waals surface area contributed by atoms with Crippen molar-refractivity contribution in [1.82, 2.24) is 5.32 Å². The first-order valence-electron chi connectivity index (χ1n) is 8.23. The second kappa shape index (κ2) is 8.64. The SMILES string of the molecule is C[C@H](NC(=O)CSCc1ccc(Cl)cc1F)c1ccc2c(c1)OCCO2. The Kier molecular flexibility index (Phi) is 6.27. The van der Waals surface area contributed by atoms with E-state index in [1.807, 2.05) is 25.1 Å². The standard InChI is InChI=1S/C19H19ClFNO3S/c1-12(13-3-5-17-18(8-13)25-7-6-24-17)22-19(23)11-26-10-14-2-4-15(20)9-16(14)21/h2-5,8-9,12H,6-7,10-11H2,1H3,(H,22,23)/t12-/m0/s1. The molecule has 26 heavy (non-hydrogen) atoms. The number of thioether (sulfide) groups is 1. The Morgan fingerprint density at radius 3 is 2.77 bits per heavy atom. The molecule has 0 radical (unpaired) electrons. The van der Waals surface area contributed by atoms with Crippen LogP contribution in [0.5, 0.6) is 11.5 Å². The van der Waals surface area contributed by atoms with Crippen molar-refractivity contribution in [2.75, 3.05) is 19.0 Å². The summed E-state index contributed by atoms with van der Waals surface area (Å²) in [6, 6.07) is 10.0. The molecular formula is C19H19ClFNO3S. The molecule has 1 aliphatic heterocycles. The maximum Gasteiger partial charge on any atom is 0.230 e. The molecular weight excluding hydrogens is 377 g/mol. The number of hydrogen-bond acceptors (Lipinski definition) is 4. The molecule has 1 N–H and O–H groups in total. The molecule has 0 bridgehead atoms. The van der Waals surface area contributed by atoms with Gasteiger partial charge in [-0.15, -0.1) is 11.8 Å². The lowest BCUT2D eigenvalue weighted by molar-refractivity contribution is -0.119. The third-order valence-corrected chi connectivity index (χ3v) is 5.17. The lowest BCUT2D eigenvalue weighted by Gasteiger charge is -2.21. The van der Waals surface area contributed by atoms with Gasteiger partial charge in [-0.05, 0) is 42.3 Å². The van der Waals surface area contributed by atoms with E-state index in [0.29, 0.717) is 35.3 Å². The molecule has 0 saturated heterocycles. The monoisotopic (exact) mass is 395 g/mol. The predicted octanol–water partition coefficient (Wildman–Crippen LogP) is 4.36. The number of carbonyl (C=O) groups is 1. The number of rotatable bonds is 6. The van der Waals surface area contributed by atoms with Crippen LogP contribution >= 0.6 is 23.4 Å². The zero-order valence-electron chi connectivity index (χ0n) is 14.3. The lowest BCUT2D eigenvalue weighted by Crippen LogP contribution is -2.28. The van der Waals surface area contributed by atoms with Gasteiger partial charge in [-0.25, -0.2) is 4.39 Å². The van der Waals surface area contributed by atoms with Crippen LogP contribution in [-0.2, 0) is 10.5 Å². The second-order valence-electron chi connectivity index (χ2n) is 5.92. The predicted molar refractivity (Wildman–Crippen MR) is 102 cm³/mol. The summed E-state index contributed by atoms with van der Waals surface area (Å²) in [6.45, 7) is 2.98. The van der Waals surface area contributed by atoms with Crippen LogP contribution in [0.4, 0.5) is 4.39 Å². The fraction of sp³-hybridized carbons (Fsp3) is 0.316. The van der Waals surface area contributed by atoms with E-state index >= 15 is 0 Å². The average molecular weight is 396 g/mol. The Bertz CT molecular complexity index is 802. The lowest BCUT2D eigenvalue weighted by atomic mass is 10.1. The van der Waals surface area contributed by atoms with Crippen LogP contribution in [0.25, 0.3) is 0 Å². The first-order valence-corrected chi connectivity index (χ1v) is 9.77. The molecule has 1 aliphatic rings. The van der Waals surface area contributed by atoms with Gasteiger partial charge >= 0.3 is 0 Å². The van der Waals surface area contributed by atoms with Crippen LogP contribution in [0.15, 0.2) is 36.4 Å². The Balaban J connectivity index is 1.49. The molecule has 7 heteroatoms. The molecule has 0 aromatic heterocycles. The molecule has 4 nitrogen and oxygen atoms in total. The number of nitrogens with one attached hydrogen (secondary N) is 1. The molecule has 0 spiro atoms. The maximum absolute atomic E-state index is 13.7. The topological polar surface area (TPSA) is 47.6 Å². The zero-order chi connectivity index (χ0) is 18.5. The largest absolute Gasteiger partial charge is 0.486 e. The molecule has 3 rings (SSSR count). The van der Waals surface area contributed by atoms with Crippen molar-refractivity contribution < 1.29 is 18.7 Å². The Hall–Kier alpha value is -1.92. The quantitative estimate of drug-likeness (QED) is 0.789. The third-order valence-electron chi connectivity index (χ3n) is 3.95. The summed E-state index contributed by atoms with van der Waals surface area (Å²) in [5.74, 6) is 1.62. The molecule has 0 saturated carbocycles. The molecule has 1 atom stereocenters. The molecule has 0 aliphatic carbocycles. The van der Waals surface area contributed by atoms with Gasteiger partial charge in [-0.1, -0.05) is 23.7 Å².